The Hall–Kier alpha value is -0.710. The summed E-state index contributed by atoms with van der Waals surface area (Å²) in [4.78, 5) is 11.1. The average molecular weight is 245 g/mol. The number of esters is 1. The summed E-state index contributed by atoms with van der Waals surface area (Å²) in [5, 5.41) is 12.5. The molecule has 0 spiro atoms. The third kappa shape index (κ3) is 4.43. The van der Waals surface area contributed by atoms with Crippen LogP contribution in [0.25, 0.3) is 0 Å². The standard InChI is InChI=1S/C11H19NO3S/c1-15-11(13)8-16-10-7-5-3-2-4-6-9(10)12-14/h10,14H,2-8H2,1H3. The number of rotatable bonds is 3. The number of oxime groups is 1. The lowest BCUT2D eigenvalue weighted by Crippen LogP contribution is -2.21. The van der Waals surface area contributed by atoms with E-state index >= 15 is 0 Å². The van der Waals surface area contributed by atoms with Crippen molar-refractivity contribution in [3.8, 4) is 0 Å². The van der Waals surface area contributed by atoms with E-state index < -0.39 is 0 Å². The number of thioether (sulfide) groups is 1. The van der Waals surface area contributed by atoms with E-state index in [-0.39, 0.29) is 11.2 Å². The van der Waals surface area contributed by atoms with Crippen molar-refractivity contribution in [2.24, 2.45) is 5.16 Å². The fourth-order valence-corrected chi connectivity index (χ4v) is 2.98. The van der Waals surface area contributed by atoms with Gasteiger partial charge in [-0.3, -0.25) is 4.79 Å². The van der Waals surface area contributed by atoms with E-state index in [1.165, 1.54) is 31.7 Å². The Bertz CT molecular complexity index is 256. The van der Waals surface area contributed by atoms with Crippen molar-refractivity contribution in [3.63, 3.8) is 0 Å². The highest BCUT2D eigenvalue weighted by Crippen LogP contribution is 2.25. The quantitative estimate of drug-likeness (QED) is 0.471. The van der Waals surface area contributed by atoms with Crippen LogP contribution in [0.4, 0.5) is 0 Å². The molecule has 1 fully saturated rings. The van der Waals surface area contributed by atoms with Crippen LogP contribution in [0.5, 0.6) is 0 Å². The molecule has 0 aromatic carbocycles. The number of hydrogen-bond donors (Lipinski definition) is 1. The number of hydrogen-bond acceptors (Lipinski definition) is 5. The Morgan fingerprint density at radius 1 is 1.50 bits per heavy atom. The normalized spacial score (nSPS) is 24.8. The van der Waals surface area contributed by atoms with E-state index in [0.717, 1.165) is 31.4 Å². The first-order valence-corrected chi connectivity index (χ1v) is 6.72. The minimum absolute atomic E-state index is 0.171. The molecule has 0 amide bonds. The zero-order valence-corrected chi connectivity index (χ0v) is 10.5. The van der Waals surface area contributed by atoms with Gasteiger partial charge in [-0.2, -0.15) is 0 Å². The Morgan fingerprint density at radius 3 is 2.94 bits per heavy atom. The minimum Gasteiger partial charge on any atom is -0.468 e. The average Bonchev–Trinajstić information content (AvgIpc) is 2.27. The van der Waals surface area contributed by atoms with Gasteiger partial charge in [-0.25, -0.2) is 0 Å². The SMILES string of the molecule is COC(=O)CSC1CCCCCCC1=NO. The van der Waals surface area contributed by atoms with Crippen molar-refractivity contribution in [3.05, 3.63) is 0 Å². The summed E-state index contributed by atoms with van der Waals surface area (Å²) in [5.41, 5.74) is 0.827. The van der Waals surface area contributed by atoms with Gasteiger partial charge in [0.25, 0.3) is 0 Å². The molecule has 1 unspecified atom stereocenters. The first-order chi connectivity index (χ1) is 7.77. The number of methoxy groups -OCH3 is 1. The molecule has 1 aliphatic rings. The van der Waals surface area contributed by atoms with Gasteiger partial charge in [0.1, 0.15) is 0 Å². The van der Waals surface area contributed by atoms with E-state index in [2.05, 4.69) is 9.89 Å². The van der Waals surface area contributed by atoms with Gasteiger partial charge >= 0.3 is 5.97 Å². The maximum absolute atomic E-state index is 11.1. The largest absolute Gasteiger partial charge is 0.468 e. The molecule has 1 N–H and O–H groups in total. The van der Waals surface area contributed by atoms with Crippen LogP contribution in [-0.2, 0) is 9.53 Å². The Morgan fingerprint density at radius 2 is 2.25 bits per heavy atom. The van der Waals surface area contributed by atoms with E-state index in [4.69, 9.17) is 5.21 Å². The minimum atomic E-state index is -0.218. The summed E-state index contributed by atoms with van der Waals surface area (Å²) in [6.07, 6.45) is 6.48. The van der Waals surface area contributed by atoms with Gasteiger partial charge in [-0.1, -0.05) is 24.4 Å². The van der Waals surface area contributed by atoms with Crippen LogP contribution >= 0.6 is 11.8 Å². The van der Waals surface area contributed by atoms with Gasteiger partial charge in [0, 0.05) is 5.25 Å². The molecular weight excluding hydrogens is 226 g/mol. The van der Waals surface area contributed by atoms with E-state index in [0.29, 0.717) is 5.75 Å². The van der Waals surface area contributed by atoms with Gasteiger partial charge in [0.05, 0.1) is 18.6 Å². The van der Waals surface area contributed by atoms with Crippen LogP contribution < -0.4 is 0 Å². The second-order valence-electron chi connectivity index (χ2n) is 3.92. The molecule has 92 valence electrons. The molecule has 0 bridgehead atoms. The monoisotopic (exact) mass is 245 g/mol. The predicted molar refractivity (Wildman–Crippen MR) is 65.2 cm³/mol. The molecule has 4 nitrogen and oxygen atoms in total. The molecule has 0 aromatic rings. The first kappa shape index (κ1) is 13.4. The van der Waals surface area contributed by atoms with Crippen LogP contribution in [0.1, 0.15) is 38.5 Å². The molecule has 1 saturated carbocycles. The smallest absolute Gasteiger partial charge is 0.315 e. The van der Waals surface area contributed by atoms with Crippen molar-refractivity contribution < 1.29 is 14.7 Å². The molecule has 0 aliphatic heterocycles. The van der Waals surface area contributed by atoms with Crippen molar-refractivity contribution in [2.75, 3.05) is 12.9 Å². The molecule has 1 rings (SSSR count). The third-order valence-electron chi connectivity index (χ3n) is 2.78. The van der Waals surface area contributed by atoms with Crippen LogP contribution in [0.3, 0.4) is 0 Å². The second kappa shape index (κ2) is 7.54. The fourth-order valence-electron chi connectivity index (χ4n) is 1.84. The van der Waals surface area contributed by atoms with E-state index in [1.807, 2.05) is 0 Å². The molecule has 1 atom stereocenters. The highest BCUT2D eigenvalue weighted by Gasteiger charge is 2.20. The zero-order chi connectivity index (χ0) is 11.8. The number of ether oxygens (including phenoxy) is 1. The molecule has 16 heavy (non-hydrogen) atoms. The maximum Gasteiger partial charge on any atom is 0.315 e. The number of carbonyl (C=O) groups is 1. The highest BCUT2D eigenvalue weighted by molar-refractivity contribution is 8.01. The van der Waals surface area contributed by atoms with Crippen LogP contribution in [0.15, 0.2) is 5.16 Å². The maximum atomic E-state index is 11.1. The van der Waals surface area contributed by atoms with Crippen molar-refractivity contribution in [1.82, 2.24) is 0 Å². The molecule has 0 radical (unpaired) electrons. The van der Waals surface area contributed by atoms with E-state index in [1.54, 1.807) is 0 Å². The Kier molecular flexibility index (Phi) is 6.30. The van der Waals surface area contributed by atoms with Crippen molar-refractivity contribution in [2.45, 2.75) is 43.8 Å². The number of nitrogens with zero attached hydrogens (tertiary/aromatic N) is 1. The topological polar surface area (TPSA) is 58.9 Å². The summed E-state index contributed by atoms with van der Waals surface area (Å²) >= 11 is 1.52. The highest BCUT2D eigenvalue weighted by atomic mass is 32.2. The summed E-state index contributed by atoms with van der Waals surface area (Å²) < 4.78 is 4.60. The molecule has 0 heterocycles. The summed E-state index contributed by atoms with van der Waals surface area (Å²) in [6, 6.07) is 0. The second-order valence-corrected chi connectivity index (χ2v) is 5.11. The van der Waals surface area contributed by atoms with Crippen LogP contribution in [0, 0.1) is 0 Å². The van der Waals surface area contributed by atoms with Gasteiger partial charge < -0.3 is 9.94 Å². The van der Waals surface area contributed by atoms with Crippen LogP contribution in [0.2, 0.25) is 0 Å². The summed E-state index contributed by atoms with van der Waals surface area (Å²) in [5.74, 6) is 0.115. The summed E-state index contributed by atoms with van der Waals surface area (Å²) in [7, 11) is 1.39. The first-order valence-electron chi connectivity index (χ1n) is 5.67. The van der Waals surface area contributed by atoms with Gasteiger partial charge in [0.15, 0.2) is 0 Å². The lowest BCUT2D eigenvalue weighted by atomic mass is 9.99. The van der Waals surface area contributed by atoms with Gasteiger partial charge in [0.2, 0.25) is 0 Å². The zero-order valence-electron chi connectivity index (χ0n) is 9.65. The van der Waals surface area contributed by atoms with Gasteiger partial charge in [-0.15, -0.1) is 11.8 Å². The van der Waals surface area contributed by atoms with Gasteiger partial charge in [-0.05, 0) is 19.3 Å². The molecule has 0 saturated heterocycles. The van der Waals surface area contributed by atoms with Crippen molar-refractivity contribution in [1.29, 1.82) is 0 Å². The van der Waals surface area contributed by atoms with Crippen LogP contribution in [-0.4, -0.2) is 35.0 Å². The Balaban J connectivity index is 2.47. The van der Waals surface area contributed by atoms with E-state index in [9.17, 15) is 4.79 Å². The Labute approximate surface area is 100 Å². The predicted octanol–water partition coefficient (Wildman–Crippen LogP) is 2.45. The number of carbonyl (C=O) groups excluding carboxylic acids is 1. The fraction of sp³-hybridized carbons (Fsp3) is 0.818. The van der Waals surface area contributed by atoms with Crippen molar-refractivity contribution >= 4 is 23.4 Å². The molecule has 5 heteroatoms. The molecule has 0 aromatic heterocycles. The lowest BCUT2D eigenvalue weighted by molar-refractivity contribution is -0.137. The lowest BCUT2D eigenvalue weighted by Gasteiger charge is -2.19. The summed E-state index contributed by atoms with van der Waals surface area (Å²) in [6.45, 7) is 0. The third-order valence-corrected chi connectivity index (χ3v) is 4.09. The molecular formula is C11H19NO3S. The molecule has 1 aliphatic carbocycles.